The van der Waals surface area contributed by atoms with E-state index in [0.717, 1.165) is 4.90 Å². The highest BCUT2D eigenvalue weighted by Gasteiger charge is 2.60. The minimum atomic E-state index is -5.77. The fraction of sp³-hybridized carbons (Fsp3) is 0.579. The Bertz CT molecular complexity index is 814. The van der Waals surface area contributed by atoms with E-state index in [1.807, 2.05) is 4.90 Å². The van der Waals surface area contributed by atoms with E-state index in [1.54, 1.807) is 18.2 Å². The lowest BCUT2D eigenvalue weighted by Gasteiger charge is -2.35. The number of carbonyl (C=O) groups is 2. The molecule has 0 atom stereocenters. The van der Waals surface area contributed by atoms with E-state index in [9.17, 15) is 35.9 Å². The van der Waals surface area contributed by atoms with Crippen molar-refractivity contribution in [1.82, 2.24) is 9.80 Å². The van der Waals surface area contributed by atoms with Gasteiger partial charge in [0.1, 0.15) is 5.75 Å². The molecule has 1 aliphatic rings. The van der Waals surface area contributed by atoms with Gasteiger partial charge in [0.25, 0.3) is 6.10 Å². The number of ether oxygens (including phenoxy) is 2. The molecule has 1 saturated heterocycles. The Morgan fingerprint density at radius 3 is 2.21 bits per heavy atom. The van der Waals surface area contributed by atoms with Crippen molar-refractivity contribution in [3.63, 3.8) is 0 Å². The number of hydrogen-bond donors (Lipinski definition) is 1. The molecule has 7 nitrogen and oxygen atoms in total. The van der Waals surface area contributed by atoms with Crippen LogP contribution in [-0.2, 0) is 16.1 Å². The van der Waals surface area contributed by atoms with Crippen LogP contribution >= 0.6 is 11.6 Å². The normalized spacial score (nSPS) is 15.6. The maximum absolute atomic E-state index is 12.6. The molecule has 33 heavy (non-hydrogen) atoms. The van der Waals surface area contributed by atoms with Crippen LogP contribution in [0.1, 0.15) is 18.4 Å². The molecule has 1 aromatic carbocycles. The minimum Gasteiger partial charge on any atom is -0.493 e. The van der Waals surface area contributed by atoms with Gasteiger partial charge in [0.2, 0.25) is 0 Å². The third kappa shape index (κ3) is 8.46. The van der Waals surface area contributed by atoms with Crippen molar-refractivity contribution in [3.05, 3.63) is 28.8 Å². The van der Waals surface area contributed by atoms with E-state index in [1.165, 1.54) is 0 Å². The average molecular weight is 507 g/mol. The minimum absolute atomic E-state index is 0.0719. The first-order valence-corrected chi connectivity index (χ1v) is 10.1. The van der Waals surface area contributed by atoms with Gasteiger partial charge in [-0.05, 0) is 18.6 Å². The zero-order valence-corrected chi connectivity index (χ0v) is 17.8. The summed E-state index contributed by atoms with van der Waals surface area (Å²) in [5, 5.41) is 9.07. The molecule has 0 saturated carbocycles. The number of halogens is 7. The van der Waals surface area contributed by atoms with Gasteiger partial charge in [-0.1, -0.05) is 17.7 Å². The molecule has 1 heterocycles. The number of rotatable bonds is 8. The summed E-state index contributed by atoms with van der Waals surface area (Å²) in [7, 11) is 0. The Labute approximate surface area is 189 Å². The van der Waals surface area contributed by atoms with Crippen molar-refractivity contribution in [2.45, 2.75) is 37.8 Å². The van der Waals surface area contributed by atoms with Crippen LogP contribution in [0.15, 0.2) is 18.2 Å². The highest BCUT2D eigenvalue weighted by atomic mass is 35.5. The molecular weight excluding hydrogens is 486 g/mol. The van der Waals surface area contributed by atoms with E-state index in [0.29, 0.717) is 22.9 Å². The molecule has 186 valence electrons. The van der Waals surface area contributed by atoms with Gasteiger partial charge < -0.3 is 19.5 Å². The molecule has 1 N–H and O–H groups in total. The lowest BCUT2D eigenvalue weighted by Crippen LogP contribution is -2.52. The Kier molecular flexibility index (Phi) is 9.06. The fourth-order valence-corrected chi connectivity index (χ4v) is 3.19. The second-order valence-corrected chi connectivity index (χ2v) is 7.64. The van der Waals surface area contributed by atoms with E-state index >= 15 is 0 Å². The van der Waals surface area contributed by atoms with Crippen LogP contribution in [-0.4, -0.2) is 78.2 Å². The Hall–Kier alpha value is -2.41. The van der Waals surface area contributed by atoms with Crippen molar-refractivity contribution in [2.24, 2.45) is 0 Å². The van der Waals surface area contributed by atoms with E-state index in [-0.39, 0.29) is 45.6 Å². The first-order chi connectivity index (χ1) is 15.3. The number of carbonyl (C=O) groups excluding carboxylic acids is 1. The van der Waals surface area contributed by atoms with E-state index in [4.69, 9.17) is 21.4 Å². The fourth-order valence-electron chi connectivity index (χ4n) is 3.02. The molecular formula is C19H21ClF6N2O5. The number of carboxylic acids is 1. The van der Waals surface area contributed by atoms with Gasteiger partial charge in [-0.15, -0.1) is 0 Å². The van der Waals surface area contributed by atoms with Gasteiger partial charge in [-0.2, -0.15) is 26.3 Å². The van der Waals surface area contributed by atoms with Crippen molar-refractivity contribution >= 4 is 23.7 Å². The van der Waals surface area contributed by atoms with Crippen molar-refractivity contribution in [1.29, 1.82) is 0 Å². The zero-order valence-electron chi connectivity index (χ0n) is 17.1. The summed E-state index contributed by atoms with van der Waals surface area (Å²) in [6.45, 7) is 0.506. The zero-order chi connectivity index (χ0) is 24.8. The summed E-state index contributed by atoms with van der Waals surface area (Å²) in [5.74, 6) is -0.536. The molecule has 14 heteroatoms. The van der Waals surface area contributed by atoms with Crippen molar-refractivity contribution in [2.75, 3.05) is 32.8 Å². The first-order valence-electron chi connectivity index (χ1n) is 9.71. The largest absolute Gasteiger partial charge is 0.493 e. The number of nitrogens with zero attached hydrogens (tertiary/aromatic N) is 2. The number of benzene rings is 1. The monoisotopic (exact) mass is 506 g/mol. The number of hydrogen-bond acceptors (Lipinski definition) is 5. The van der Waals surface area contributed by atoms with Gasteiger partial charge in [0.05, 0.1) is 6.61 Å². The van der Waals surface area contributed by atoms with Crippen LogP contribution in [0.3, 0.4) is 0 Å². The number of alkyl halides is 6. The molecule has 0 radical (unpaired) electrons. The van der Waals surface area contributed by atoms with E-state index in [2.05, 4.69) is 4.74 Å². The average Bonchev–Trinajstić information content (AvgIpc) is 2.69. The summed E-state index contributed by atoms with van der Waals surface area (Å²) in [6, 6.07) is 4.86. The SMILES string of the molecule is O=C(O)CCCOc1cc(Cl)ccc1CN1CCN(C(=O)OC(C(F)(F)F)C(F)(F)F)CC1. The molecule has 0 unspecified atom stereocenters. The lowest BCUT2D eigenvalue weighted by molar-refractivity contribution is -0.308. The Balaban J connectivity index is 1.92. The molecule has 0 bridgehead atoms. The van der Waals surface area contributed by atoms with Gasteiger partial charge in [-0.25, -0.2) is 4.79 Å². The van der Waals surface area contributed by atoms with Gasteiger partial charge in [-0.3, -0.25) is 9.69 Å². The molecule has 1 amide bonds. The predicted octanol–water partition coefficient (Wildman–Crippen LogP) is 4.33. The Morgan fingerprint density at radius 1 is 1.06 bits per heavy atom. The topological polar surface area (TPSA) is 79.3 Å². The van der Waals surface area contributed by atoms with Gasteiger partial charge in [0, 0.05) is 49.7 Å². The molecule has 0 aliphatic carbocycles. The summed E-state index contributed by atoms with van der Waals surface area (Å²) in [5.41, 5.74) is 0.694. The van der Waals surface area contributed by atoms with Crippen LogP contribution in [0.5, 0.6) is 5.75 Å². The number of aliphatic carboxylic acids is 1. The van der Waals surface area contributed by atoms with Gasteiger partial charge in [0.15, 0.2) is 0 Å². The first kappa shape index (κ1) is 26.8. The van der Waals surface area contributed by atoms with Crippen LogP contribution in [0, 0.1) is 0 Å². The second-order valence-electron chi connectivity index (χ2n) is 7.21. The maximum Gasteiger partial charge on any atom is 0.434 e. The van der Waals surface area contributed by atoms with Crippen LogP contribution in [0.4, 0.5) is 31.1 Å². The number of amides is 1. The molecule has 1 fully saturated rings. The highest BCUT2D eigenvalue weighted by molar-refractivity contribution is 6.30. The van der Waals surface area contributed by atoms with Crippen LogP contribution in [0.25, 0.3) is 0 Å². The number of carboxylic acid groups (broad SMARTS) is 1. The summed E-state index contributed by atoms with van der Waals surface area (Å²) in [4.78, 5) is 25.1. The predicted molar refractivity (Wildman–Crippen MR) is 103 cm³/mol. The van der Waals surface area contributed by atoms with E-state index < -0.39 is 30.5 Å². The van der Waals surface area contributed by atoms with Crippen LogP contribution < -0.4 is 4.74 Å². The number of piperazine rings is 1. The second kappa shape index (κ2) is 11.1. The van der Waals surface area contributed by atoms with Crippen molar-refractivity contribution < 1.29 is 50.5 Å². The highest BCUT2D eigenvalue weighted by Crippen LogP contribution is 2.36. The quantitative estimate of drug-likeness (QED) is 0.418. The summed E-state index contributed by atoms with van der Waals surface area (Å²) >= 11 is 5.98. The standard InChI is InChI=1S/C19H21ClF6N2O5/c20-13-4-3-12(14(10-13)32-9-1-2-15(29)30)11-27-5-7-28(8-6-27)17(31)33-16(18(21,22)23)19(24,25)26/h3-4,10,16H,1-2,5-9,11H2,(H,29,30). The van der Waals surface area contributed by atoms with Crippen LogP contribution in [0.2, 0.25) is 5.02 Å². The van der Waals surface area contributed by atoms with Crippen molar-refractivity contribution in [3.8, 4) is 5.75 Å². The maximum atomic E-state index is 12.6. The molecule has 1 aliphatic heterocycles. The lowest BCUT2D eigenvalue weighted by atomic mass is 10.1. The smallest absolute Gasteiger partial charge is 0.434 e. The third-order valence-electron chi connectivity index (χ3n) is 4.66. The van der Waals surface area contributed by atoms with Gasteiger partial charge >= 0.3 is 24.4 Å². The molecule has 0 aromatic heterocycles. The summed E-state index contributed by atoms with van der Waals surface area (Å²) < 4.78 is 84.9. The third-order valence-corrected chi connectivity index (χ3v) is 4.89. The Morgan fingerprint density at radius 2 is 1.67 bits per heavy atom. The summed E-state index contributed by atoms with van der Waals surface area (Å²) in [6.07, 6.45) is -17.2. The molecule has 0 spiro atoms. The molecule has 2 rings (SSSR count). The molecule has 1 aromatic rings.